The fraction of sp³-hybridized carbons (Fsp3) is 1.00. The summed E-state index contributed by atoms with van der Waals surface area (Å²) in [5.74, 6) is 0. The van der Waals surface area contributed by atoms with Crippen LogP contribution in [0, 0.1) is 0 Å². The van der Waals surface area contributed by atoms with Gasteiger partial charge in [-0.1, -0.05) is 39.5 Å². The minimum absolute atomic E-state index is 0. The Hall–Kier alpha value is 2.03. The fourth-order valence-corrected chi connectivity index (χ4v) is 0.500. The Morgan fingerprint density at radius 3 is 0.909 bits per heavy atom. The van der Waals surface area contributed by atoms with Gasteiger partial charge in [0, 0.05) is 25.8 Å². The maximum Gasteiger partial charge on any atom is 0 e. The second kappa shape index (κ2) is 40.3. The van der Waals surface area contributed by atoms with E-state index in [-0.39, 0.29) is 75.5 Å². The molecule has 0 amide bonds. The number of unbranched alkanes of at least 4 members (excludes halogenated alkanes) is 3. The standard InChI is InChI=1S/C6H14.4ClH.Hf/c1-3-5-6-4-2;;;;;/h3-6H2,1-2H3;4*1H;. The van der Waals surface area contributed by atoms with Gasteiger partial charge < -0.3 is 0 Å². The molecule has 5 heteroatoms. The molecular formula is C6H18Cl4Hf. The van der Waals surface area contributed by atoms with Gasteiger partial charge in [0.15, 0.2) is 0 Å². The summed E-state index contributed by atoms with van der Waals surface area (Å²) in [6, 6.07) is 0. The maximum atomic E-state index is 2.23. The number of rotatable bonds is 3. The molecule has 0 rings (SSSR count). The molecule has 11 heavy (non-hydrogen) atoms. The monoisotopic (exact) mass is 410 g/mol. The van der Waals surface area contributed by atoms with Crippen LogP contribution in [-0.2, 0) is 25.8 Å². The van der Waals surface area contributed by atoms with Crippen LogP contribution in [0.2, 0.25) is 0 Å². The molecule has 0 heterocycles. The second-order valence-corrected chi connectivity index (χ2v) is 1.71. The number of halogens is 4. The van der Waals surface area contributed by atoms with Crippen molar-refractivity contribution in [2.45, 2.75) is 39.5 Å². The van der Waals surface area contributed by atoms with Crippen LogP contribution in [0.3, 0.4) is 0 Å². The molecule has 0 bridgehead atoms. The molecule has 0 nitrogen and oxygen atoms in total. The molecule has 0 aromatic carbocycles. The minimum Gasteiger partial charge on any atom is -0.147 e. The van der Waals surface area contributed by atoms with E-state index >= 15 is 0 Å². The molecule has 0 aliphatic rings. The minimum atomic E-state index is 0. The van der Waals surface area contributed by atoms with Crippen molar-refractivity contribution in [2.75, 3.05) is 0 Å². The fourth-order valence-electron chi connectivity index (χ4n) is 0.500. The molecule has 0 unspecified atom stereocenters. The quantitative estimate of drug-likeness (QED) is 0.482. The van der Waals surface area contributed by atoms with Gasteiger partial charge in [0.25, 0.3) is 0 Å². The van der Waals surface area contributed by atoms with E-state index in [0.717, 1.165) is 0 Å². The third-order valence-corrected chi connectivity index (χ3v) is 0.957. The summed E-state index contributed by atoms with van der Waals surface area (Å²) in [6.07, 6.45) is 5.54. The van der Waals surface area contributed by atoms with Crippen LogP contribution in [-0.4, -0.2) is 0 Å². The predicted molar refractivity (Wildman–Crippen MR) is 58.8 cm³/mol. The van der Waals surface area contributed by atoms with Crippen molar-refractivity contribution in [2.24, 2.45) is 0 Å². The van der Waals surface area contributed by atoms with Crippen molar-refractivity contribution >= 4 is 49.6 Å². The van der Waals surface area contributed by atoms with Crippen molar-refractivity contribution in [3.8, 4) is 0 Å². The first-order chi connectivity index (χ1) is 2.91. The van der Waals surface area contributed by atoms with Crippen LogP contribution in [0.5, 0.6) is 0 Å². The zero-order chi connectivity index (χ0) is 4.83. The first kappa shape index (κ1) is 38.2. The average Bonchev–Trinajstić information content (AvgIpc) is 1.61. The van der Waals surface area contributed by atoms with Crippen molar-refractivity contribution in [3.05, 3.63) is 0 Å². The summed E-state index contributed by atoms with van der Waals surface area (Å²) in [6.45, 7) is 4.46. The molecule has 0 N–H and O–H groups in total. The first-order valence-corrected chi connectivity index (χ1v) is 2.91. The summed E-state index contributed by atoms with van der Waals surface area (Å²) < 4.78 is 0. The molecule has 0 aliphatic heterocycles. The Labute approximate surface area is 114 Å². The van der Waals surface area contributed by atoms with E-state index in [1.54, 1.807) is 0 Å². The van der Waals surface area contributed by atoms with Gasteiger partial charge in [0.1, 0.15) is 0 Å². The van der Waals surface area contributed by atoms with E-state index in [1.807, 2.05) is 0 Å². The Balaban J connectivity index is -0.0000000125. The summed E-state index contributed by atoms with van der Waals surface area (Å²) in [4.78, 5) is 0. The summed E-state index contributed by atoms with van der Waals surface area (Å²) in [5, 5.41) is 0. The van der Waals surface area contributed by atoms with Gasteiger partial charge in [-0.15, -0.1) is 49.6 Å². The van der Waals surface area contributed by atoms with Gasteiger partial charge in [-0.3, -0.25) is 0 Å². The largest absolute Gasteiger partial charge is 0.147 e. The molecule has 0 fully saturated rings. The van der Waals surface area contributed by atoms with E-state index in [2.05, 4.69) is 13.8 Å². The van der Waals surface area contributed by atoms with Crippen LogP contribution < -0.4 is 0 Å². The topological polar surface area (TPSA) is 0 Å². The van der Waals surface area contributed by atoms with Gasteiger partial charge in [-0.25, -0.2) is 0 Å². The summed E-state index contributed by atoms with van der Waals surface area (Å²) in [7, 11) is 0. The van der Waals surface area contributed by atoms with Gasteiger partial charge in [0.2, 0.25) is 0 Å². The molecular weight excluding hydrogens is 392 g/mol. The van der Waals surface area contributed by atoms with Crippen LogP contribution in [0.4, 0.5) is 0 Å². The van der Waals surface area contributed by atoms with Gasteiger partial charge >= 0.3 is 0 Å². The SMILES string of the molecule is CCCCCC.Cl.Cl.Cl.Cl.[Hf]. The van der Waals surface area contributed by atoms with Crippen molar-refractivity contribution in [1.82, 2.24) is 0 Å². The van der Waals surface area contributed by atoms with Crippen LogP contribution >= 0.6 is 49.6 Å². The normalized spacial score (nSPS) is 4.91. The average molecular weight is 411 g/mol. The third kappa shape index (κ3) is 47.8. The Bertz CT molecular complexity index is 26.5. The Morgan fingerprint density at radius 1 is 0.636 bits per heavy atom. The van der Waals surface area contributed by atoms with Crippen LogP contribution in [0.25, 0.3) is 0 Å². The van der Waals surface area contributed by atoms with Gasteiger partial charge in [0.05, 0.1) is 0 Å². The second-order valence-electron chi connectivity index (χ2n) is 1.71. The zero-order valence-electron chi connectivity index (χ0n) is 6.96. The smallest absolute Gasteiger partial charge is 0 e. The van der Waals surface area contributed by atoms with Crippen molar-refractivity contribution < 1.29 is 25.8 Å². The van der Waals surface area contributed by atoms with E-state index in [9.17, 15) is 0 Å². The van der Waals surface area contributed by atoms with Crippen molar-refractivity contribution in [1.29, 1.82) is 0 Å². The predicted octanol–water partition coefficient (Wildman–Crippen LogP) is 4.27. The molecule has 0 aromatic rings. The van der Waals surface area contributed by atoms with E-state index in [1.165, 1.54) is 25.7 Å². The van der Waals surface area contributed by atoms with E-state index < -0.39 is 0 Å². The molecule has 74 valence electrons. The van der Waals surface area contributed by atoms with Crippen LogP contribution in [0.1, 0.15) is 39.5 Å². The van der Waals surface area contributed by atoms with Gasteiger partial charge in [-0.2, -0.15) is 0 Å². The van der Waals surface area contributed by atoms with Gasteiger partial charge in [-0.05, 0) is 0 Å². The van der Waals surface area contributed by atoms with Crippen LogP contribution in [0.15, 0.2) is 0 Å². The summed E-state index contributed by atoms with van der Waals surface area (Å²) in [5.41, 5.74) is 0. The van der Waals surface area contributed by atoms with E-state index in [4.69, 9.17) is 0 Å². The molecule has 0 radical (unpaired) electrons. The Kier molecular flexibility index (Phi) is 140. The summed E-state index contributed by atoms with van der Waals surface area (Å²) >= 11 is 0. The number of hydrogen-bond acceptors (Lipinski definition) is 0. The molecule has 0 aromatic heterocycles. The zero-order valence-corrected chi connectivity index (χ0v) is 13.8. The first-order valence-electron chi connectivity index (χ1n) is 2.91. The molecule has 0 aliphatic carbocycles. The maximum absolute atomic E-state index is 2.23. The van der Waals surface area contributed by atoms with Crippen molar-refractivity contribution in [3.63, 3.8) is 0 Å². The third-order valence-electron chi connectivity index (χ3n) is 0.957. The number of hydrogen-bond donors (Lipinski definition) is 0. The molecule has 0 spiro atoms. The molecule has 0 saturated carbocycles. The molecule has 0 atom stereocenters. The van der Waals surface area contributed by atoms with E-state index in [0.29, 0.717) is 0 Å². The molecule has 0 saturated heterocycles. The Morgan fingerprint density at radius 2 is 0.818 bits per heavy atom.